The number of phenols is 1. The van der Waals surface area contributed by atoms with Crippen LogP contribution in [0.2, 0.25) is 5.02 Å². The molecule has 15 heavy (non-hydrogen) atoms. The van der Waals surface area contributed by atoms with E-state index in [4.69, 9.17) is 11.6 Å². The second kappa shape index (κ2) is 3.95. The highest BCUT2D eigenvalue weighted by Gasteiger charge is 2.09. The summed E-state index contributed by atoms with van der Waals surface area (Å²) in [6, 6.07) is 13.1. The minimum atomic E-state index is 0.267. The largest absolute Gasteiger partial charge is 0.507 e. The van der Waals surface area contributed by atoms with E-state index in [-0.39, 0.29) is 5.75 Å². The van der Waals surface area contributed by atoms with Gasteiger partial charge in [0.2, 0.25) is 0 Å². The predicted molar refractivity (Wildman–Crippen MR) is 63.3 cm³/mol. The predicted octanol–water partition coefficient (Wildman–Crippen LogP) is 4.02. The number of halogens is 1. The number of phenolic OH excluding ortho intramolecular Hbond substituents is 1. The second-order valence-corrected chi connectivity index (χ2v) is 3.84. The van der Waals surface area contributed by atoms with Crippen molar-refractivity contribution >= 4 is 11.6 Å². The minimum absolute atomic E-state index is 0.267. The van der Waals surface area contributed by atoms with Gasteiger partial charge in [-0.25, -0.2) is 0 Å². The summed E-state index contributed by atoms with van der Waals surface area (Å²) in [4.78, 5) is 0. The van der Waals surface area contributed by atoms with Crippen LogP contribution in [0.3, 0.4) is 0 Å². The smallest absolute Gasteiger partial charge is 0.123 e. The summed E-state index contributed by atoms with van der Waals surface area (Å²) in [5, 5.41) is 10.5. The molecule has 0 aromatic heterocycles. The van der Waals surface area contributed by atoms with E-state index in [9.17, 15) is 5.11 Å². The van der Waals surface area contributed by atoms with Crippen molar-refractivity contribution in [2.24, 2.45) is 0 Å². The number of hydrogen-bond donors (Lipinski definition) is 1. The van der Waals surface area contributed by atoms with Gasteiger partial charge in [-0.2, -0.15) is 0 Å². The van der Waals surface area contributed by atoms with Crippen LogP contribution in [0.5, 0.6) is 5.75 Å². The van der Waals surface area contributed by atoms with Crippen molar-refractivity contribution in [3.8, 4) is 16.9 Å². The zero-order valence-corrected chi connectivity index (χ0v) is 9.12. The summed E-state index contributed by atoms with van der Waals surface area (Å²) in [7, 11) is 0. The van der Waals surface area contributed by atoms with Crippen LogP contribution < -0.4 is 0 Å². The van der Waals surface area contributed by atoms with Gasteiger partial charge in [0.05, 0.1) is 0 Å². The van der Waals surface area contributed by atoms with E-state index < -0.39 is 0 Å². The number of aromatic hydroxyl groups is 1. The highest BCUT2D eigenvalue weighted by atomic mass is 35.5. The van der Waals surface area contributed by atoms with Crippen LogP contribution >= 0.6 is 11.6 Å². The Kier molecular flexibility index (Phi) is 2.65. The Morgan fingerprint density at radius 2 is 1.67 bits per heavy atom. The van der Waals surface area contributed by atoms with Gasteiger partial charge >= 0.3 is 0 Å². The van der Waals surface area contributed by atoms with Crippen LogP contribution in [-0.2, 0) is 0 Å². The maximum absolute atomic E-state index is 9.81. The summed E-state index contributed by atoms with van der Waals surface area (Å²) in [6.07, 6.45) is 0. The quantitative estimate of drug-likeness (QED) is 0.767. The van der Waals surface area contributed by atoms with Crippen molar-refractivity contribution in [1.82, 2.24) is 0 Å². The van der Waals surface area contributed by atoms with Gasteiger partial charge in [0.15, 0.2) is 0 Å². The molecule has 0 atom stereocenters. The Morgan fingerprint density at radius 1 is 1.00 bits per heavy atom. The molecular weight excluding hydrogens is 208 g/mol. The van der Waals surface area contributed by atoms with Gasteiger partial charge in [-0.3, -0.25) is 0 Å². The molecule has 1 N–H and O–H groups in total. The molecule has 0 saturated heterocycles. The molecule has 0 saturated carbocycles. The molecule has 0 aliphatic rings. The second-order valence-electron chi connectivity index (χ2n) is 3.43. The molecule has 0 fully saturated rings. The summed E-state index contributed by atoms with van der Waals surface area (Å²) < 4.78 is 0. The molecule has 0 aliphatic carbocycles. The van der Waals surface area contributed by atoms with Gasteiger partial charge in [0.1, 0.15) is 5.75 Å². The van der Waals surface area contributed by atoms with Gasteiger partial charge < -0.3 is 5.11 Å². The van der Waals surface area contributed by atoms with E-state index in [0.717, 1.165) is 16.7 Å². The molecule has 2 aromatic rings. The number of rotatable bonds is 1. The normalized spacial score (nSPS) is 10.3. The van der Waals surface area contributed by atoms with E-state index in [2.05, 4.69) is 0 Å². The van der Waals surface area contributed by atoms with E-state index in [0.29, 0.717) is 5.02 Å². The van der Waals surface area contributed by atoms with Crippen molar-refractivity contribution in [2.45, 2.75) is 6.92 Å². The fourth-order valence-electron chi connectivity index (χ4n) is 1.64. The van der Waals surface area contributed by atoms with Crippen LogP contribution in [0.1, 0.15) is 5.56 Å². The first kappa shape index (κ1) is 10.1. The van der Waals surface area contributed by atoms with E-state index in [1.54, 1.807) is 12.1 Å². The molecule has 0 heterocycles. The Morgan fingerprint density at radius 3 is 2.33 bits per heavy atom. The highest BCUT2D eigenvalue weighted by Crippen LogP contribution is 2.35. The standard InChI is InChI=1S/C13H11ClO/c1-9-11(14)7-8-12(15)13(9)10-5-3-2-4-6-10/h2-8,15H,1H3. The SMILES string of the molecule is Cc1c(Cl)ccc(O)c1-c1ccccc1. The summed E-state index contributed by atoms with van der Waals surface area (Å²) in [5.41, 5.74) is 2.70. The van der Waals surface area contributed by atoms with Crippen molar-refractivity contribution in [2.75, 3.05) is 0 Å². The fourth-order valence-corrected chi connectivity index (χ4v) is 1.80. The Bertz CT molecular complexity index is 477. The third-order valence-electron chi connectivity index (χ3n) is 2.44. The highest BCUT2D eigenvalue weighted by molar-refractivity contribution is 6.31. The fraction of sp³-hybridized carbons (Fsp3) is 0.0769. The van der Waals surface area contributed by atoms with Crippen molar-refractivity contribution in [3.63, 3.8) is 0 Å². The van der Waals surface area contributed by atoms with Gasteiger partial charge in [-0.15, -0.1) is 0 Å². The third-order valence-corrected chi connectivity index (χ3v) is 2.85. The van der Waals surface area contributed by atoms with Crippen LogP contribution in [0.15, 0.2) is 42.5 Å². The summed E-state index contributed by atoms with van der Waals surface area (Å²) in [5.74, 6) is 0.267. The Balaban J connectivity index is 2.68. The lowest BCUT2D eigenvalue weighted by molar-refractivity contribution is 0.477. The minimum Gasteiger partial charge on any atom is -0.507 e. The van der Waals surface area contributed by atoms with Gasteiger partial charge in [0.25, 0.3) is 0 Å². The lowest BCUT2D eigenvalue weighted by atomic mass is 9.99. The zero-order valence-electron chi connectivity index (χ0n) is 8.37. The lowest BCUT2D eigenvalue weighted by Gasteiger charge is -2.09. The molecule has 0 spiro atoms. The van der Waals surface area contributed by atoms with Crippen LogP contribution in [0.4, 0.5) is 0 Å². The van der Waals surface area contributed by atoms with Crippen LogP contribution in [0.25, 0.3) is 11.1 Å². The first-order valence-corrected chi connectivity index (χ1v) is 5.11. The van der Waals surface area contributed by atoms with Crippen molar-refractivity contribution in [1.29, 1.82) is 0 Å². The van der Waals surface area contributed by atoms with Crippen molar-refractivity contribution < 1.29 is 5.11 Å². The molecule has 76 valence electrons. The maximum Gasteiger partial charge on any atom is 0.123 e. The van der Waals surface area contributed by atoms with Gasteiger partial charge in [0, 0.05) is 10.6 Å². The van der Waals surface area contributed by atoms with Crippen LogP contribution in [-0.4, -0.2) is 5.11 Å². The molecule has 0 aliphatic heterocycles. The molecule has 0 unspecified atom stereocenters. The summed E-state index contributed by atoms with van der Waals surface area (Å²) in [6.45, 7) is 1.91. The molecule has 2 rings (SSSR count). The topological polar surface area (TPSA) is 20.2 Å². The molecule has 0 amide bonds. The first-order valence-electron chi connectivity index (χ1n) is 4.73. The molecular formula is C13H11ClO. The average molecular weight is 219 g/mol. The van der Waals surface area contributed by atoms with E-state index in [1.807, 2.05) is 37.3 Å². The average Bonchev–Trinajstić information content (AvgIpc) is 2.26. The summed E-state index contributed by atoms with van der Waals surface area (Å²) >= 11 is 6.02. The third kappa shape index (κ3) is 1.83. The van der Waals surface area contributed by atoms with Gasteiger partial charge in [-0.1, -0.05) is 41.9 Å². The molecule has 0 radical (unpaired) electrons. The Labute approximate surface area is 94.0 Å². The molecule has 2 heteroatoms. The zero-order chi connectivity index (χ0) is 10.8. The lowest BCUT2D eigenvalue weighted by Crippen LogP contribution is -1.85. The van der Waals surface area contributed by atoms with Crippen LogP contribution in [0, 0.1) is 6.92 Å². The molecule has 0 bridgehead atoms. The molecule has 2 aromatic carbocycles. The van der Waals surface area contributed by atoms with E-state index in [1.165, 1.54) is 0 Å². The van der Waals surface area contributed by atoms with Gasteiger partial charge in [-0.05, 0) is 30.2 Å². The number of hydrogen-bond acceptors (Lipinski definition) is 1. The van der Waals surface area contributed by atoms with Crippen molar-refractivity contribution in [3.05, 3.63) is 53.1 Å². The molecule has 1 nitrogen and oxygen atoms in total. The van der Waals surface area contributed by atoms with E-state index >= 15 is 0 Å². The monoisotopic (exact) mass is 218 g/mol. The first-order chi connectivity index (χ1) is 7.20. The Hall–Kier alpha value is -1.47. The number of benzene rings is 2. The maximum atomic E-state index is 9.81.